The average Bonchev–Trinajstić information content (AvgIpc) is 2.21. The normalized spacial score (nSPS) is 10.1. The molecule has 0 aliphatic carbocycles. The number of hydrogen-bond acceptors (Lipinski definition) is 3. The molecule has 1 N–H and O–H groups in total. The maximum absolute atomic E-state index is 10.7. The van der Waals surface area contributed by atoms with Crippen LogP contribution in [0.15, 0.2) is 36.5 Å². The maximum atomic E-state index is 10.7. The number of nitrogens with one attached hydrogen (secondary N) is 1. The van der Waals surface area contributed by atoms with Crippen molar-refractivity contribution >= 4 is 23.3 Å². The van der Waals surface area contributed by atoms with Crippen LogP contribution in [-0.2, 0) is 9.53 Å². The molecule has 0 aliphatic rings. The summed E-state index contributed by atoms with van der Waals surface area (Å²) in [5, 5.41) is 3.57. The highest BCUT2D eigenvalue weighted by molar-refractivity contribution is 6.30. The van der Waals surface area contributed by atoms with E-state index in [-0.39, 0.29) is 0 Å². The fourth-order valence-electron chi connectivity index (χ4n) is 0.820. The molecule has 0 heterocycles. The van der Waals surface area contributed by atoms with E-state index in [9.17, 15) is 4.79 Å². The summed E-state index contributed by atoms with van der Waals surface area (Å²) in [5.41, 5.74) is 0.856. The summed E-state index contributed by atoms with van der Waals surface area (Å²) in [6.45, 7) is 0. The Kier molecular flexibility index (Phi) is 4.01. The Bertz CT molecular complexity index is 332. The molecule has 0 unspecified atom stereocenters. The van der Waals surface area contributed by atoms with Gasteiger partial charge >= 0.3 is 5.97 Å². The van der Waals surface area contributed by atoms with Gasteiger partial charge in [0.05, 0.1) is 7.11 Å². The molecule has 3 nitrogen and oxygen atoms in total. The summed E-state index contributed by atoms with van der Waals surface area (Å²) in [7, 11) is 1.33. The summed E-state index contributed by atoms with van der Waals surface area (Å²) in [5.74, 6) is -0.397. The number of benzene rings is 1. The zero-order chi connectivity index (χ0) is 10.4. The number of carbonyl (C=O) groups excluding carboxylic acids is 1. The SMILES string of the molecule is COC(=O)/C=C/Nc1ccc(Cl)cc1. The highest BCUT2D eigenvalue weighted by Gasteiger charge is 1.91. The predicted octanol–water partition coefficient (Wildman–Crippen LogP) is 2.44. The van der Waals surface area contributed by atoms with E-state index in [1.54, 1.807) is 12.1 Å². The van der Waals surface area contributed by atoms with Gasteiger partial charge in [-0.15, -0.1) is 0 Å². The van der Waals surface area contributed by atoms with Crippen LogP contribution in [0.25, 0.3) is 0 Å². The Hall–Kier alpha value is -1.48. The topological polar surface area (TPSA) is 38.3 Å². The predicted molar refractivity (Wildman–Crippen MR) is 56.2 cm³/mol. The molecular weight excluding hydrogens is 202 g/mol. The number of carbonyl (C=O) groups is 1. The molecule has 4 heteroatoms. The lowest BCUT2D eigenvalue weighted by Crippen LogP contribution is -1.96. The third kappa shape index (κ3) is 3.49. The highest BCUT2D eigenvalue weighted by atomic mass is 35.5. The Morgan fingerprint density at radius 2 is 2.07 bits per heavy atom. The Morgan fingerprint density at radius 3 is 2.64 bits per heavy atom. The first-order valence-corrected chi connectivity index (χ1v) is 4.37. The van der Waals surface area contributed by atoms with E-state index in [4.69, 9.17) is 11.6 Å². The second-order valence-corrected chi connectivity index (χ2v) is 2.94. The van der Waals surface area contributed by atoms with E-state index in [2.05, 4.69) is 10.1 Å². The van der Waals surface area contributed by atoms with Crippen LogP contribution in [0.1, 0.15) is 0 Å². The minimum Gasteiger partial charge on any atom is -0.466 e. The number of methoxy groups -OCH3 is 1. The van der Waals surface area contributed by atoms with Gasteiger partial charge < -0.3 is 10.1 Å². The van der Waals surface area contributed by atoms with Gasteiger partial charge in [0.15, 0.2) is 0 Å². The standard InChI is InChI=1S/C10H10ClNO2/c1-14-10(13)6-7-12-9-4-2-8(11)3-5-9/h2-7,12H,1H3/b7-6+. The third-order valence-corrected chi connectivity index (χ3v) is 1.77. The second kappa shape index (κ2) is 5.29. The van der Waals surface area contributed by atoms with E-state index in [0.717, 1.165) is 5.69 Å². The summed E-state index contributed by atoms with van der Waals surface area (Å²) in [6.07, 6.45) is 2.81. The molecule has 0 saturated heterocycles. The number of halogens is 1. The van der Waals surface area contributed by atoms with Crippen LogP contribution in [0.2, 0.25) is 5.02 Å². The fourth-order valence-corrected chi connectivity index (χ4v) is 0.946. The number of hydrogen-bond donors (Lipinski definition) is 1. The van der Waals surface area contributed by atoms with Crippen molar-refractivity contribution in [3.63, 3.8) is 0 Å². The molecule has 0 saturated carbocycles. The van der Waals surface area contributed by atoms with Gasteiger partial charge in [0.25, 0.3) is 0 Å². The van der Waals surface area contributed by atoms with Gasteiger partial charge in [-0.3, -0.25) is 0 Å². The highest BCUT2D eigenvalue weighted by Crippen LogP contribution is 2.12. The summed E-state index contributed by atoms with van der Waals surface area (Å²) < 4.78 is 4.42. The Labute approximate surface area is 87.3 Å². The number of rotatable bonds is 3. The first-order chi connectivity index (χ1) is 6.72. The summed E-state index contributed by atoms with van der Waals surface area (Å²) >= 11 is 5.70. The molecule has 0 fully saturated rings. The summed E-state index contributed by atoms with van der Waals surface area (Å²) in [6, 6.07) is 7.14. The fraction of sp³-hybridized carbons (Fsp3) is 0.100. The van der Waals surface area contributed by atoms with Crippen molar-refractivity contribution in [3.05, 3.63) is 41.6 Å². The first kappa shape index (κ1) is 10.6. The number of esters is 1. The van der Waals surface area contributed by atoms with Gasteiger partial charge in [-0.1, -0.05) is 11.6 Å². The minimum absolute atomic E-state index is 0.397. The molecule has 0 bridgehead atoms. The van der Waals surface area contributed by atoms with Crippen LogP contribution >= 0.6 is 11.6 Å². The van der Waals surface area contributed by atoms with Crippen molar-refractivity contribution in [2.24, 2.45) is 0 Å². The molecule has 1 aromatic rings. The second-order valence-electron chi connectivity index (χ2n) is 2.51. The molecular formula is C10H10ClNO2. The van der Waals surface area contributed by atoms with Crippen LogP contribution in [0.5, 0.6) is 0 Å². The lowest BCUT2D eigenvalue weighted by molar-refractivity contribution is -0.134. The molecule has 0 spiro atoms. The van der Waals surface area contributed by atoms with Gasteiger partial charge in [-0.25, -0.2) is 4.79 Å². The molecule has 74 valence electrons. The van der Waals surface area contributed by atoms with Crippen LogP contribution in [0.4, 0.5) is 5.69 Å². The van der Waals surface area contributed by atoms with E-state index in [1.807, 2.05) is 12.1 Å². The maximum Gasteiger partial charge on any atom is 0.331 e. The lowest BCUT2D eigenvalue weighted by Gasteiger charge is -1.99. The Balaban J connectivity index is 2.49. The van der Waals surface area contributed by atoms with E-state index >= 15 is 0 Å². The molecule has 1 aromatic carbocycles. The van der Waals surface area contributed by atoms with Crippen molar-refractivity contribution in [1.29, 1.82) is 0 Å². The minimum atomic E-state index is -0.397. The number of anilines is 1. The van der Waals surface area contributed by atoms with E-state index < -0.39 is 5.97 Å². The zero-order valence-corrected chi connectivity index (χ0v) is 8.41. The first-order valence-electron chi connectivity index (χ1n) is 3.99. The van der Waals surface area contributed by atoms with Crippen molar-refractivity contribution in [1.82, 2.24) is 0 Å². The zero-order valence-electron chi connectivity index (χ0n) is 7.66. The van der Waals surface area contributed by atoms with Gasteiger partial charge in [-0.2, -0.15) is 0 Å². The number of ether oxygens (including phenoxy) is 1. The van der Waals surface area contributed by atoms with Gasteiger partial charge in [0.1, 0.15) is 0 Å². The lowest BCUT2D eigenvalue weighted by atomic mass is 10.3. The summed E-state index contributed by atoms with van der Waals surface area (Å²) in [4.78, 5) is 10.7. The molecule has 14 heavy (non-hydrogen) atoms. The van der Waals surface area contributed by atoms with Crippen LogP contribution < -0.4 is 5.32 Å². The van der Waals surface area contributed by atoms with Crippen LogP contribution in [-0.4, -0.2) is 13.1 Å². The van der Waals surface area contributed by atoms with Gasteiger partial charge in [0, 0.05) is 23.0 Å². The van der Waals surface area contributed by atoms with Gasteiger partial charge in [0.2, 0.25) is 0 Å². The average molecular weight is 212 g/mol. The molecule has 0 atom stereocenters. The molecule has 0 aliphatic heterocycles. The molecule has 1 rings (SSSR count). The van der Waals surface area contributed by atoms with Crippen molar-refractivity contribution in [3.8, 4) is 0 Å². The monoisotopic (exact) mass is 211 g/mol. The van der Waals surface area contributed by atoms with Crippen molar-refractivity contribution in [2.45, 2.75) is 0 Å². The Morgan fingerprint density at radius 1 is 1.43 bits per heavy atom. The molecule has 0 radical (unpaired) electrons. The van der Waals surface area contributed by atoms with Crippen LogP contribution in [0, 0.1) is 0 Å². The van der Waals surface area contributed by atoms with E-state index in [0.29, 0.717) is 5.02 Å². The van der Waals surface area contributed by atoms with Crippen molar-refractivity contribution in [2.75, 3.05) is 12.4 Å². The third-order valence-electron chi connectivity index (χ3n) is 1.51. The molecule has 0 aromatic heterocycles. The smallest absolute Gasteiger partial charge is 0.331 e. The van der Waals surface area contributed by atoms with Crippen LogP contribution in [0.3, 0.4) is 0 Å². The largest absolute Gasteiger partial charge is 0.466 e. The molecule has 0 amide bonds. The van der Waals surface area contributed by atoms with E-state index in [1.165, 1.54) is 19.4 Å². The quantitative estimate of drug-likeness (QED) is 0.617. The van der Waals surface area contributed by atoms with Crippen molar-refractivity contribution < 1.29 is 9.53 Å². The van der Waals surface area contributed by atoms with Gasteiger partial charge in [-0.05, 0) is 24.3 Å².